The fourth-order valence-corrected chi connectivity index (χ4v) is 3.21. The fraction of sp³-hybridized carbons (Fsp3) is 0.692. The highest BCUT2D eigenvalue weighted by atomic mass is 32.1. The van der Waals surface area contributed by atoms with Gasteiger partial charge in [-0.05, 0) is 60.8 Å². The summed E-state index contributed by atoms with van der Waals surface area (Å²) in [6.07, 6.45) is 1.36. The molecular formula is C13H22N2S. The molecule has 3 heteroatoms. The van der Waals surface area contributed by atoms with Gasteiger partial charge in [0.25, 0.3) is 0 Å². The maximum atomic E-state index is 3.46. The predicted molar refractivity (Wildman–Crippen MR) is 71.0 cm³/mol. The Bertz CT molecular complexity index is 321. The number of nitrogens with zero attached hydrogens (tertiary/aromatic N) is 1. The molecule has 1 fully saturated rings. The van der Waals surface area contributed by atoms with E-state index in [1.54, 1.807) is 0 Å². The zero-order valence-electron chi connectivity index (χ0n) is 10.3. The summed E-state index contributed by atoms with van der Waals surface area (Å²) in [5.74, 6) is 0.860. The van der Waals surface area contributed by atoms with E-state index in [0.29, 0.717) is 0 Å². The molecule has 0 saturated carbocycles. The van der Waals surface area contributed by atoms with Crippen LogP contribution in [-0.4, -0.2) is 31.1 Å². The van der Waals surface area contributed by atoms with Gasteiger partial charge in [-0.1, -0.05) is 6.92 Å². The summed E-state index contributed by atoms with van der Waals surface area (Å²) in [4.78, 5) is 2.59. The third-order valence-corrected chi connectivity index (χ3v) is 4.32. The highest BCUT2D eigenvalue weighted by Crippen LogP contribution is 2.21. The van der Waals surface area contributed by atoms with E-state index in [1.807, 2.05) is 11.3 Å². The molecule has 1 aliphatic heterocycles. The normalized spacial score (nSPS) is 21.8. The van der Waals surface area contributed by atoms with Gasteiger partial charge in [-0.25, -0.2) is 0 Å². The molecule has 0 bridgehead atoms. The van der Waals surface area contributed by atoms with Crippen molar-refractivity contribution in [1.29, 1.82) is 0 Å². The van der Waals surface area contributed by atoms with Crippen molar-refractivity contribution in [3.05, 3.63) is 21.9 Å². The summed E-state index contributed by atoms with van der Waals surface area (Å²) in [5, 5.41) is 8.01. The Labute approximate surface area is 103 Å². The Kier molecular flexibility index (Phi) is 4.38. The van der Waals surface area contributed by atoms with Gasteiger partial charge in [0.15, 0.2) is 0 Å². The molecule has 1 atom stereocenters. The summed E-state index contributed by atoms with van der Waals surface area (Å²) < 4.78 is 0. The molecule has 1 saturated heterocycles. The number of rotatable bonds is 5. The quantitative estimate of drug-likeness (QED) is 0.848. The lowest BCUT2D eigenvalue weighted by molar-refractivity contribution is 0.314. The maximum absolute atomic E-state index is 3.46. The van der Waals surface area contributed by atoms with Crippen molar-refractivity contribution in [1.82, 2.24) is 10.2 Å². The average molecular weight is 238 g/mol. The van der Waals surface area contributed by atoms with E-state index >= 15 is 0 Å². The highest BCUT2D eigenvalue weighted by molar-refractivity contribution is 7.08. The first kappa shape index (κ1) is 12.1. The Balaban J connectivity index is 1.79. The molecule has 2 heterocycles. The minimum absolute atomic E-state index is 0.860. The first-order valence-corrected chi connectivity index (χ1v) is 7.18. The number of nitrogens with one attached hydrogen (secondary N) is 1. The molecule has 0 radical (unpaired) electrons. The van der Waals surface area contributed by atoms with Crippen LogP contribution in [0.5, 0.6) is 0 Å². The average Bonchev–Trinajstić information content (AvgIpc) is 2.87. The molecule has 2 rings (SSSR count). The second-order valence-corrected chi connectivity index (χ2v) is 5.52. The molecule has 0 spiro atoms. The molecule has 0 amide bonds. The maximum Gasteiger partial charge on any atom is 0.0244 e. The first-order chi connectivity index (χ1) is 7.79. The Morgan fingerprint density at radius 1 is 1.50 bits per heavy atom. The molecule has 1 aromatic heterocycles. The van der Waals surface area contributed by atoms with E-state index in [-0.39, 0.29) is 0 Å². The summed E-state index contributed by atoms with van der Waals surface area (Å²) in [6.45, 7) is 10.4. The Morgan fingerprint density at radius 3 is 3.06 bits per heavy atom. The van der Waals surface area contributed by atoms with Crippen LogP contribution in [0.1, 0.15) is 24.5 Å². The van der Waals surface area contributed by atoms with Gasteiger partial charge in [-0.2, -0.15) is 11.3 Å². The molecule has 1 aliphatic rings. The lowest BCUT2D eigenvalue weighted by atomic mass is 10.1. The summed E-state index contributed by atoms with van der Waals surface area (Å²) in [6, 6.07) is 0. The van der Waals surface area contributed by atoms with Gasteiger partial charge in [-0.3, -0.25) is 4.90 Å². The van der Waals surface area contributed by atoms with Crippen LogP contribution < -0.4 is 5.32 Å². The Hall–Kier alpha value is -0.380. The molecule has 90 valence electrons. The third-order valence-electron chi connectivity index (χ3n) is 3.41. The van der Waals surface area contributed by atoms with E-state index < -0.39 is 0 Å². The summed E-state index contributed by atoms with van der Waals surface area (Å²) in [7, 11) is 0. The van der Waals surface area contributed by atoms with Crippen molar-refractivity contribution in [2.75, 3.05) is 26.2 Å². The summed E-state index contributed by atoms with van der Waals surface area (Å²) >= 11 is 1.83. The van der Waals surface area contributed by atoms with E-state index in [2.05, 4.69) is 34.8 Å². The molecule has 2 nitrogen and oxygen atoms in total. The molecule has 1 unspecified atom stereocenters. The monoisotopic (exact) mass is 238 g/mol. The van der Waals surface area contributed by atoms with Gasteiger partial charge in [0.1, 0.15) is 0 Å². The molecule has 0 aliphatic carbocycles. The predicted octanol–water partition coefficient (Wildman–Crippen LogP) is 2.49. The van der Waals surface area contributed by atoms with Gasteiger partial charge in [0.2, 0.25) is 0 Å². The van der Waals surface area contributed by atoms with Crippen LogP contribution >= 0.6 is 11.3 Å². The van der Waals surface area contributed by atoms with E-state index in [4.69, 9.17) is 0 Å². The minimum atomic E-state index is 0.860. The van der Waals surface area contributed by atoms with Crippen molar-refractivity contribution in [3.63, 3.8) is 0 Å². The standard InChI is InChI=1S/C13H22N2S/c1-3-14-6-12-4-5-15(7-12)8-13-10-16-9-11(13)2/h9-10,12,14H,3-8H2,1-2H3. The van der Waals surface area contributed by atoms with Crippen LogP contribution in [0.15, 0.2) is 10.8 Å². The number of hydrogen-bond donors (Lipinski definition) is 1. The van der Waals surface area contributed by atoms with E-state index in [0.717, 1.165) is 19.0 Å². The molecule has 16 heavy (non-hydrogen) atoms. The Morgan fingerprint density at radius 2 is 2.38 bits per heavy atom. The SMILES string of the molecule is CCNCC1CCN(Cc2cscc2C)C1. The largest absolute Gasteiger partial charge is 0.317 e. The smallest absolute Gasteiger partial charge is 0.0244 e. The number of thiophene rings is 1. The zero-order valence-corrected chi connectivity index (χ0v) is 11.1. The van der Waals surface area contributed by atoms with Gasteiger partial charge in [-0.15, -0.1) is 0 Å². The second-order valence-electron chi connectivity index (χ2n) is 4.78. The molecule has 0 aromatic carbocycles. The van der Waals surface area contributed by atoms with Crippen LogP contribution in [-0.2, 0) is 6.54 Å². The van der Waals surface area contributed by atoms with Crippen molar-refractivity contribution in [2.45, 2.75) is 26.8 Å². The lowest BCUT2D eigenvalue weighted by Crippen LogP contribution is -2.26. The van der Waals surface area contributed by atoms with Crippen LogP contribution in [0.25, 0.3) is 0 Å². The number of hydrogen-bond acceptors (Lipinski definition) is 3. The highest BCUT2D eigenvalue weighted by Gasteiger charge is 2.22. The zero-order chi connectivity index (χ0) is 11.4. The van der Waals surface area contributed by atoms with Crippen LogP contribution in [0.3, 0.4) is 0 Å². The van der Waals surface area contributed by atoms with E-state index in [1.165, 1.54) is 37.2 Å². The van der Waals surface area contributed by atoms with Crippen molar-refractivity contribution >= 4 is 11.3 Å². The molecule has 1 N–H and O–H groups in total. The van der Waals surface area contributed by atoms with Crippen molar-refractivity contribution in [3.8, 4) is 0 Å². The van der Waals surface area contributed by atoms with Crippen LogP contribution in [0.2, 0.25) is 0 Å². The van der Waals surface area contributed by atoms with Gasteiger partial charge < -0.3 is 5.32 Å². The summed E-state index contributed by atoms with van der Waals surface area (Å²) in [5.41, 5.74) is 2.98. The van der Waals surface area contributed by atoms with Gasteiger partial charge >= 0.3 is 0 Å². The van der Waals surface area contributed by atoms with Crippen LogP contribution in [0, 0.1) is 12.8 Å². The fourth-order valence-electron chi connectivity index (χ4n) is 2.36. The van der Waals surface area contributed by atoms with Gasteiger partial charge in [0.05, 0.1) is 0 Å². The van der Waals surface area contributed by atoms with Crippen LogP contribution in [0.4, 0.5) is 0 Å². The minimum Gasteiger partial charge on any atom is -0.317 e. The second kappa shape index (κ2) is 5.80. The molecule has 1 aromatic rings. The lowest BCUT2D eigenvalue weighted by Gasteiger charge is -2.16. The van der Waals surface area contributed by atoms with Crippen molar-refractivity contribution in [2.24, 2.45) is 5.92 Å². The topological polar surface area (TPSA) is 15.3 Å². The third kappa shape index (κ3) is 3.06. The number of aryl methyl sites for hydroxylation is 1. The van der Waals surface area contributed by atoms with Crippen molar-refractivity contribution < 1.29 is 0 Å². The first-order valence-electron chi connectivity index (χ1n) is 6.24. The van der Waals surface area contributed by atoms with E-state index in [9.17, 15) is 0 Å². The number of likely N-dealkylation sites (tertiary alicyclic amines) is 1. The molecular weight excluding hydrogens is 216 g/mol. The van der Waals surface area contributed by atoms with Gasteiger partial charge in [0, 0.05) is 13.1 Å².